The highest BCUT2D eigenvalue weighted by Gasteiger charge is 2.10. The maximum Gasteiger partial charge on any atom is 0.241 e. The van der Waals surface area contributed by atoms with Gasteiger partial charge < -0.3 is 15.5 Å². The van der Waals surface area contributed by atoms with Gasteiger partial charge >= 0.3 is 0 Å². The van der Waals surface area contributed by atoms with Crippen LogP contribution >= 0.6 is 0 Å². The average molecular weight is 279 g/mol. The fraction of sp³-hybridized carbons (Fsp3) is 0.643. The lowest BCUT2D eigenvalue weighted by Gasteiger charge is -2.19. The van der Waals surface area contributed by atoms with Crippen LogP contribution in [0.2, 0.25) is 0 Å². The van der Waals surface area contributed by atoms with Gasteiger partial charge in [-0.2, -0.15) is 0 Å². The predicted octanol–water partition coefficient (Wildman–Crippen LogP) is 1.75. The maximum absolute atomic E-state index is 11.9. The van der Waals surface area contributed by atoms with Crippen LogP contribution in [0.25, 0.3) is 0 Å². The Morgan fingerprint density at radius 2 is 1.70 bits per heavy atom. The molecule has 0 fully saturated rings. The van der Waals surface area contributed by atoms with Crippen molar-refractivity contribution in [1.29, 1.82) is 0 Å². The second-order valence-electron chi connectivity index (χ2n) is 4.36. The van der Waals surface area contributed by atoms with E-state index in [4.69, 9.17) is 0 Å². The molecule has 0 aromatic carbocycles. The van der Waals surface area contributed by atoms with Crippen LogP contribution < -0.4 is 10.6 Å². The lowest BCUT2D eigenvalue weighted by Crippen LogP contribution is -2.35. The normalized spacial score (nSPS) is 10.2. The predicted molar refractivity (Wildman–Crippen MR) is 82.0 cm³/mol. The molecule has 6 nitrogen and oxygen atoms in total. The minimum atomic E-state index is 0.0802. The standard InChI is InChI=1S/C14H25N5O/c1-5-11-17-12(15-6-2)9-13(18-11)16-10-14(20)19(7-3)8-4/h9H,5-8,10H2,1-4H3,(H2,15,16,17,18). The quantitative estimate of drug-likeness (QED) is 0.758. The highest BCUT2D eigenvalue weighted by atomic mass is 16.2. The highest BCUT2D eigenvalue weighted by Crippen LogP contribution is 2.11. The van der Waals surface area contributed by atoms with E-state index in [9.17, 15) is 4.79 Å². The van der Waals surface area contributed by atoms with Crippen molar-refractivity contribution < 1.29 is 4.79 Å². The SMILES string of the molecule is CCNc1cc(NCC(=O)N(CC)CC)nc(CC)n1. The Bertz CT molecular complexity index is 432. The van der Waals surface area contributed by atoms with Gasteiger partial charge in [0, 0.05) is 32.1 Å². The Morgan fingerprint density at radius 3 is 2.20 bits per heavy atom. The summed E-state index contributed by atoms with van der Waals surface area (Å²) in [5.41, 5.74) is 0. The van der Waals surface area contributed by atoms with Crippen molar-refractivity contribution in [3.63, 3.8) is 0 Å². The van der Waals surface area contributed by atoms with Crippen LogP contribution in [0.4, 0.5) is 11.6 Å². The van der Waals surface area contributed by atoms with Crippen LogP contribution in [0, 0.1) is 0 Å². The lowest BCUT2D eigenvalue weighted by atomic mass is 10.4. The Hall–Kier alpha value is -1.85. The summed E-state index contributed by atoms with van der Waals surface area (Å²) in [5, 5.41) is 6.25. The van der Waals surface area contributed by atoms with Gasteiger partial charge in [0.25, 0.3) is 0 Å². The third-order valence-corrected chi connectivity index (χ3v) is 2.98. The summed E-state index contributed by atoms with van der Waals surface area (Å²) < 4.78 is 0. The third kappa shape index (κ3) is 4.68. The second kappa shape index (κ2) is 8.35. The molecule has 0 atom stereocenters. The minimum absolute atomic E-state index is 0.0802. The first-order chi connectivity index (χ1) is 9.64. The highest BCUT2D eigenvalue weighted by molar-refractivity contribution is 5.80. The number of aryl methyl sites for hydroxylation is 1. The summed E-state index contributed by atoms with van der Waals surface area (Å²) in [6.45, 7) is 10.5. The van der Waals surface area contributed by atoms with E-state index < -0.39 is 0 Å². The molecule has 1 heterocycles. The number of carbonyl (C=O) groups excluding carboxylic acids is 1. The first-order valence-electron chi connectivity index (χ1n) is 7.27. The van der Waals surface area contributed by atoms with Crippen molar-refractivity contribution >= 4 is 17.5 Å². The van der Waals surface area contributed by atoms with E-state index in [2.05, 4.69) is 20.6 Å². The largest absolute Gasteiger partial charge is 0.370 e. The number of aromatic nitrogens is 2. The molecule has 0 radical (unpaired) electrons. The minimum Gasteiger partial charge on any atom is -0.370 e. The van der Waals surface area contributed by atoms with Gasteiger partial charge in [-0.3, -0.25) is 4.79 Å². The van der Waals surface area contributed by atoms with Crippen LogP contribution in [-0.4, -0.2) is 47.0 Å². The molecule has 0 aliphatic rings. The van der Waals surface area contributed by atoms with Crippen molar-refractivity contribution in [2.75, 3.05) is 36.8 Å². The molecule has 1 rings (SSSR count). The fourth-order valence-corrected chi connectivity index (χ4v) is 1.87. The first kappa shape index (κ1) is 16.2. The molecule has 0 saturated heterocycles. The number of hydrogen-bond acceptors (Lipinski definition) is 5. The molecular weight excluding hydrogens is 254 g/mol. The van der Waals surface area contributed by atoms with Gasteiger partial charge in [-0.05, 0) is 20.8 Å². The Balaban J connectivity index is 2.71. The number of carbonyl (C=O) groups is 1. The van der Waals surface area contributed by atoms with Crippen molar-refractivity contribution in [2.24, 2.45) is 0 Å². The molecule has 0 unspecified atom stereocenters. The smallest absolute Gasteiger partial charge is 0.241 e. The zero-order valence-corrected chi connectivity index (χ0v) is 12.9. The van der Waals surface area contributed by atoms with E-state index in [1.807, 2.05) is 33.8 Å². The van der Waals surface area contributed by atoms with Gasteiger partial charge in [0.2, 0.25) is 5.91 Å². The molecule has 0 aliphatic carbocycles. The van der Waals surface area contributed by atoms with Gasteiger partial charge in [-0.25, -0.2) is 9.97 Å². The van der Waals surface area contributed by atoms with Crippen LogP contribution in [0.15, 0.2) is 6.07 Å². The number of hydrogen-bond donors (Lipinski definition) is 2. The van der Waals surface area contributed by atoms with Gasteiger partial charge in [0.05, 0.1) is 6.54 Å². The molecule has 0 aliphatic heterocycles. The molecule has 1 amide bonds. The van der Waals surface area contributed by atoms with Crippen LogP contribution in [-0.2, 0) is 11.2 Å². The summed E-state index contributed by atoms with van der Waals surface area (Å²) in [5.74, 6) is 2.32. The fourth-order valence-electron chi connectivity index (χ4n) is 1.87. The number of likely N-dealkylation sites (N-methyl/N-ethyl adjacent to an activating group) is 1. The Labute approximate surface area is 121 Å². The second-order valence-corrected chi connectivity index (χ2v) is 4.36. The molecular formula is C14H25N5O. The third-order valence-electron chi connectivity index (χ3n) is 2.98. The number of rotatable bonds is 8. The van der Waals surface area contributed by atoms with Gasteiger partial charge in [0.15, 0.2) is 0 Å². The molecule has 2 N–H and O–H groups in total. The molecule has 0 spiro atoms. The number of anilines is 2. The monoisotopic (exact) mass is 279 g/mol. The molecule has 6 heteroatoms. The van der Waals surface area contributed by atoms with Gasteiger partial charge in [0.1, 0.15) is 17.5 Å². The van der Waals surface area contributed by atoms with Crippen LogP contribution in [0.1, 0.15) is 33.5 Å². The van der Waals surface area contributed by atoms with E-state index in [1.54, 1.807) is 4.90 Å². The molecule has 112 valence electrons. The Kier molecular flexibility index (Phi) is 6.76. The van der Waals surface area contributed by atoms with Crippen molar-refractivity contribution in [3.8, 4) is 0 Å². The lowest BCUT2D eigenvalue weighted by molar-refractivity contribution is -0.128. The van der Waals surface area contributed by atoms with E-state index in [-0.39, 0.29) is 12.5 Å². The number of nitrogens with zero attached hydrogens (tertiary/aromatic N) is 3. The summed E-state index contributed by atoms with van der Waals surface area (Å²) in [6.07, 6.45) is 0.762. The molecule has 1 aromatic rings. The maximum atomic E-state index is 11.9. The van der Waals surface area contributed by atoms with Gasteiger partial charge in [-0.15, -0.1) is 0 Å². The Morgan fingerprint density at radius 1 is 1.10 bits per heavy atom. The van der Waals surface area contributed by atoms with Crippen molar-refractivity contribution in [3.05, 3.63) is 11.9 Å². The number of amides is 1. The zero-order valence-electron chi connectivity index (χ0n) is 12.9. The van der Waals surface area contributed by atoms with E-state index in [0.717, 1.165) is 37.7 Å². The van der Waals surface area contributed by atoms with E-state index in [0.29, 0.717) is 5.82 Å². The first-order valence-corrected chi connectivity index (χ1v) is 7.27. The summed E-state index contributed by atoms with van der Waals surface area (Å²) >= 11 is 0. The summed E-state index contributed by atoms with van der Waals surface area (Å²) in [4.78, 5) is 22.5. The summed E-state index contributed by atoms with van der Waals surface area (Å²) in [7, 11) is 0. The topological polar surface area (TPSA) is 70.2 Å². The van der Waals surface area contributed by atoms with Crippen LogP contribution in [0.5, 0.6) is 0 Å². The summed E-state index contributed by atoms with van der Waals surface area (Å²) in [6, 6.07) is 1.83. The van der Waals surface area contributed by atoms with Crippen molar-refractivity contribution in [1.82, 2.24) is 14.9 Å². The molecule has 0 saturated carbocycles. The van der Waals surface area contributed by atoms with E-state index in [1.165, 1.54) is 0 Å². The van der Waals surface area contributed by atoms with Crippen molar-refractivity contribution in [2.45, 2.75) is 34.1 Å². The molecule has 1 aromatic heterocycles. The number of nitrogens with one attached hydrogen (secondary N) is 2. The molecule has 0 bridgehead atoms. The van der Waals surface area contributed by atoms with Crippen LogP contribution in [0.3, 0.4) is 0 Å². The average Bonchev–Trinajstić information content (AvgIpc) is 2.46. The zero-order chi connectivity index (χ0) is 15.0. The van der Waals surface area contributed by atoms with Gasteiger partial charge in [-0.1, -0.05) is 6.92 Å². The van der Waals surface area contributed by atoms with E-state index >= 15 is 0 Å². The molecule has 20 heavy (non-hydrogen) atoms.